The molecule has 1 heterocycles. The zero-order chi connectivity index (χ0) is 11.4. The molecule has 4 rings (SSSR count). The molecular formula is C15H24O2. The number of hydrogen-bond acceptors (Lipinski definition) is 2. The van der Waals surface area contributed by atoms with Crippen molar-refractivity contribution in [1.29, 1.82) is 0 Å². The van der Waals surface area contributed by atoms with Gasteiger partial charge in [0, 0.05) is 6.61 Å². The number of ether oxygens (including phenoxy) is 1. The topological polar surface area (TPSA) is 29.5 Å². The fourth-order valence-corrected chi connectivity index (χ4v) is 5.33. The summed E-state index contributed by atoms with van der Waals surface area (Å²) in [7, 11) is 0. The molecule has 0 radical (unpaired) electrons. The largest absolute Gasteiger partial charge is 0.393 e. The predicted octanol–water partition coefficient (Wildman–Crippen LogP) is 2.60. The van der Waals surface area contributed by atoms with Gasteiger partial charge in [0.2, 0.25) is 0 Å². The van der Waals surface area contributed by atoms with Crippen LogP contribution in [-0.2, 0) is 4.74 Å². The van der Waals surface area contributed by atoms with Crippen LogP contribution in [0.1, 0.15) is 44.9 Å². The van der Waals surface area contributed by atoms with Gasteiger partial charge >= 0.3 is 0 Å². The van der Waals surface area contributed by atoms with Gasteiger partial charge in [-0.05, 0) is 74.5 Å². The summed E-state index contributed by atoms with van der Waals surface area (Å²) >= 11 is 0. The number of aliphatic hydroxyl groups is 1. The molecule has 0 aromatic heterocycles. The molecule has 0 amide bonds. The molecule has 0 aromatic carbocycles. The van der Waals surface area contributed by atoms with E-state index in [1.54, 1.807) is 0 Å². The Morgan fingerprint density at radius 1 is 1.12 bits per heavy atom. The Labute approximate surface area is 104 Å². The van der Waals surface area contributed by atoms with Crippen molar-refractivity contribution in [3.8, 4) is 0 Å². The minimum Gasteiger partial charge on any atom is -0.393 e. The number of aliphatic hydroxyl groups excluding tert-OH is 1. The first-order valence-corrected chi connectivity index (χ1v) is 7.64. The van der Waals surface area contributed by atoms with E-state index < -0.39 is 0 Å². The first kappa shape index (κ1) is 10.8. The van der Waals surface area contributed by atoms with Crippen LogP contribution >= 0.6 is 0 Å². The zero-order valence-electron chi connectivity index (χ0n) is 10.6. The van der Waals surface area contributed by atoms with Crippen LogP contribution in [0, 0.1) is 29.6 Å². The van der Waals surface area contributed by atoms with E-state index in [0.717, 1.165) is 43.1 Å². The van der Waals surface area contributed by atoms with Crippen LogP contribution in [0.15, 0.2) is 0 Å². The molecule has 3 saturated carbocycles. The second kappa shape index (κ2) is 3.96. The summed E-state index contributed by atoms with van der Waals surface area (Å²) in [5.74, 6) is 4.52. The van der Waals surface area contributed by atoms with Crippen LogP contribution in [0.25, 0.3) is 0 Å². The third-order valence-corrected chi connectivity index (χ3v) is 6.05. The Bertz CT molecular complexity index is 281. The highest BCUT2D eigenvalue weighted by Gasteiger charge is 2.66. The Balaban J connectivity index is 1.29. The second-order valence-corrected chi connectivity index (χ2v) is 6.84. The van der Waals surface area contributed by atoms with E-state index in [9.17, 15) is 5.11 Å². The molecular weight excluding hydrogens is 212 g/mol. The van der Waals surface area contributed by atoms with Crippen molar-refractivity contribution < 1.29 is 9.84 Å². The van der Waals surface area contributed by atoms with Gasteiger partial charge in [0.15, 0.2) is 0 Å². The molecule has 6 atom stereocenters. The van der Waals surface area contributed by atoms with E-state index in [2.05, 4.69) is 0 Å². The molecule has 17 heavy (non-hydrogen) atoms. The second-order valence-electron chi connectivity index (χ2n) is 6.84. The smallest absolute Gasteiger partial charge is 0.0577 e. The Morgan fingerprint density at radius 2 is 1.88 bits per heavy atom. The van der Waals surface area contributed by atoms with Crippen molar-refractivity contribution in [3.63, 3.8) is 0 Å². The van der Waals surface area contributed by atoms with Gasteiger partial charge in [-0.2, -0.15) is 0 Å². The lowest BCUT2D eigenvalue weighted by atomic mass is 9.95. The molecule has 6 unspecified atom stereocenters. The summed E-state index contributed by atoms with van der Waals surface area (Å²) in [6, 6.07) is 0. The average Bonchev–Trinajstić information content (AvgIpc) is 2.80. The maximum atomic E-state index is 10.4. The fourth-order valence-electron chi connectivity index (χ4n) is 5.33. The molecule has 4 aliphatic rings. The highest BCUT2D eigenvalue weighted by molar-refractivity contribution is 5.14. The van der Waals surface area contributed by atoms with Gasteiger partial charge < -0.3 is 9.84 Å². The Kier molecular flexibility index (Phi) is 2.52. The molecule has 0 aromatic rings. The third kappa shape index (κ3) is 1.67. The van der Waals surface area contributed by atoms with Crippen LogP contribution in [0.2, 0.25) is 0 Å². The SMILES string of the molecule is OC(CCC1CCCO1)C1C2C3CCC(C3)C12. The van der Waals surface area contributed by atoms with Gasteiger partial charge in [-0.1, -0.05) is 0 Å². The molecule has 1 saturated heterocycles. The van der Waals surface area contributed by atoms with E-state index in [0.29, 0.717) is 12.0 Å². The minimum absolute atomic E-state index is 0.0161. The Hall–Kier alpha value is -0.0800. The third-order valence-electron chi connectivity index (χ3n) is 6.05. The summed E-state index contributed by atoms with van der Waals surface area (Å²) in [5.41, 5.74) is 0. The molecule has 3 aliphatic carbocycles. The zero-order valence-corrected chi connectivity index (χ0v) is 10.6. The quantitative estimate of drug-likeness (QED) is 0.813. The summed E-state index contributed by atoms with van der Waals surface area (Å²) in [5, 5.41) is 10.4. The molecule has 2 heteroatoms. The number of hydrogen-bond donors (Lipinski definition) is 1. The van der Waals surface area contributed by atoms with Gasteiger partial charge in [0.1, 0.15) is 0 Å². The molecule has 1 aliphatic heterocycles. The number of fused-ring (bicyclic) bond motifs is 5. The van der Waals surface area contributed by atoms with Crippen LogP contribution < -0.4 is 0 Å². The highest BCUT2D eigenvalue weighted by atomic mass is 16.5. The summed E-state index contributed by atoms with van der Waals surface area (Å²) in [6.07, 6.45) is 9.37. The van der Waals surface area contributed by atoms with Crippen LogP contribution in [0.4, 0.5) is 0 Å². The van der Waals surface area contributed by atoms with Crippen LogP contribution in [-0.4, -0.2) is 23.9 Å². The maximum Gasteiger partial charge on any atom is 0.0577 e. The standard InChI is InChI=1S/C15H24O2/c16-12(6-5-11-2-1-7-17-11)15-13-9-3-4-10(8-9)14(13)15/h9-16H,1-8H2. The van der Waals surface area contributed by atoms with Crippen LogP contribution in [0.5, 0.6) is 0 Å². The van der Waals surface area contributed by atoms with E-state index >= 15 is 0 Å². The monoisotopic (exact) mass is 236 g/mol. The lowest BCUT2D eigenvalue weighted by molar-refractivity contribution is 0.0683. The van der Waals surface area contributed by atoms with Gasteiger partial charge in [-0.15, -0.1) is 0 Å². The summed E-state index contributed by atoms with van der Waals surface area (Å²) in [4.78, 5) is 0. The first-order chi connectivity index (χ1) is 8.34. The van der Waals surface area contributed by atoms with Crippen molar-refractivity contribution in [2.75, 3.05) is 6.61 Å². The summed E-state index contributed by atoms with van der Waals surface area (Å²) < 4.78 is 5.64. The molecule has 1 N–H and O–H groups in total. The number of rotatable bonds is 4. The van der Waals surface area contributed by atoms with E-state index in [1.807, 2.05) is 0 Å². The molecule has 2 nitrogen and oxygen atoms in total. The summed E-state index contributed by atoms with van der Waals surface area (Å²) in [6.45, 7) is 0.944. The highest BCUT2D eigenvalue weighted by Crippen LogP contribution is 2.70. The van der Waals surface area contributed by atoms with Crippen molar-refractivity contribution >= 4 is 0 Å². The molecule has 4 fully saturated rings. The van der Waals surface area contributed by atoms with Crippen molar-refractivity contribution in [3.05, 3.63) is 0 Å². The van der Waals surface area contributed by atoms with Crippen molar-refractivity contribution in [2.24, 2.45) is 29.6 Å². The molecule has 96 valence electrons. The Morgan fingerprint density at radius 3 is 2.53 bits per heavy atom. The fraction of sp³-hybridized carbons (Fsp3) is 1.00. The minimum atomic E-state index is -0.0161. The molecule has 0 spiro atoms. The van der Waals surface area contributed by atoms with Crippen molar-refractivity contribution in [1.82, 2.24) is 0 Å². The molecule has 2 bridgehead atoms. The van der Waals surface area contributed by atoms with Gasteiger partial charge in [0.25, 0.3) is 0 Å². The maximum absolute atomic E-state index is 10.4. The van der Waals surface area contributed by atoms with E-state index in [4.69, 9.17) is 4.74 Å². The van der Waals surface area contributed by atoms with E-state index in [-0.39, 0.29) is 6.10 Å². The van der Waals surface area contributed by atoms with Gasteiger partial charge in [-0.3, -0.25) is 0 Å². The van der Waals surface area contributed by atoms with Gasteiger partial charge in [0.05, 0.1) is 12.2 Å². The lowest BCUT2D eigenvalue weighted by Crippen LogP contribution is -2.18. The first-order valence-electron chi connectivity index (χ1n) is 7.64. The lowest BCUT2D eigenvalue weighted by Gasteiger charge is -2.17. The van der Waals surface area contributed by atoms with Crippen LogP contribution in [0.3, 0.4) is 0 Å². The van der Waals surface area contributed by atoms with Crippen molar-refractivity contribution in [2.45, 2.75) is 57.2 Å². The normalized spacial score (nSPS) is 52.8. The average molecular weight is 236 g/mol. The van der Waals surface area contributed by atoms with Gasteiger partial charge in [-0.25, -0.2) is 0 Å². The van der Waals surface area contributed by atoms with E-state index in [1.165, 1.54) is 32.1 Å². The predicted molar refractivity (Wildman–Crippen MR) is 65.5 cm³/mol.